The number of nitrogens with zero attached hydrogens (tertiary/aromatic N) is 1. The molecule has 0 aromatic heterocycles. The standard InChI is InChI=1S/C13H26N2O.H2/c1-4-15-9-6-12(7-10-15)5-8-14-13(16)11(2)3;/h11-12H,4-10H2,1-3H3,(H,14,16);1H. The van der Waals surface area contributed by atoms with Gasteiger partial charge in [-0.25, -0.2) is 0 Å². The quantitative estimate of drug-likeness (QED) is 0.782. The Bertz CT molecular complexity index is 213. The van der Waals surface area contributed by atoms with Gasteiger partial charge in [0.15, 0.2) is 0 Å². The van der Waals surface area contributed by atoms with Gasteiger partial charge in [-0.1, -0.05) is 20.8 Å². The molecule has 0 saturated carbocycles. The molecule has 0 aromatic rings. The minimum absolute atomic E-state index is 0. The molecule has 0 aromatic carbocycles. The second-order valence-electron chi connectivity index (χ2n) is 5.11. The molecule has 1 aliphatic heterocycles. The second kappa shape index (κ2) is 6.89. The smallest absolute Gasteiger partial charge is 0.222 e. The van der Waals surface area contributed by atoms with Crippen LogP contribution in [0.3, 0.4) is 0 Å². The van der Waals surface area contributed by atoms with E-state index in [2.05, 4.69) is 17.1 Å². The number of hydrogen-bond donors (Lipinski definition) is 1. The molecular formula is C13H28N2O. The molecule has 1 saturated heterocycles. The third kappa shape index (κ3) is 4.52. The maximum Gasteiger partial charge on any atom is 0.222 e. The molecule has 0 aliphatic carbocycles. The molecule has 3 heteroatoms. The Hall–Kier alpha value is -0.570. The molecule has 96 valence electrons. The van der Waals surface area contributed by atoms with Gasteiger partial charge in [-0.05, 0) is 44.8 Å². The molecule has 1 heterocycles. The van der Waals surface area contributed by atoms with Gasteiger partial charge in [0.2, 0.25) is 5.91 Å². The summed E-state index contributed by atoms with van der Waals surface area (Å²) in [7, 11) is 0. The lowest BCUT2D eigenvalue weighted by molar-refractivity contribution is -0.124. The zero-order valence-corrected chi connectivity index (χ0v) is 11.0. The number of carbonyl (C=O) groups excluding carboxylic acids is 1. The lowest BCUT2D eigenvalue weighted by Crippen LogP contribution is -2.35. The number of piperidine rings is 1. The topological polar surface area (TPSA) is 32.3 Å². The number of likely N-dealkylation sites (tertiary alicyclic amines) is 1. The predicted octanol–water partition coefficient (Wildman–Crippen LogP) is 2.13. The van der Waals surface area contributed by atoms with E-state index in [1.54, 1.807) is 0 Å². The van der Waals surface area contributed by atoms with E-state index in [0.717, 1.165) is 18.9 Å². The number of rotatable bonds is 5. The first-order valence-corrected chi connectivity index (χ1v) is 6.63. The number of amides is 1. The van der Waals surface area contributed by atoms with E-state index in [0.29, 0.717) is 0 Å². The molecule has 0 radical (unpaired) electrons. The average molecular weight is 228 g/mol. The van der Waals surface area contributed by atoms with Gasteiger partial charge in [-0.2, -0.15) is 0 Å². The van der Waals surface area contributed by atoms with Crippen molar-refractivity contribution >= 4 is 5.91 Å². The Morgan fingerprint density at radius 1 is 1.44 bits per heavy atom. The van der Waals surface area contributed by atoms with Crippen LogP contribution in [-0.2, 0) is 4.79 Å². The van der Waals surface area contributed by atoms with Gasteiger partial charge in [0.05, 0.1) is 0 Å². The van der Waals surface area contributed by atoms with Gasteiger partial charge in [0.25, 0.3) is 0 Å². The molecule has 0 atom stereocenters. The second-order valence-corrected chi connectivity index (χ2v) is 5.11. The van der Waals surface area contributed by atoms with Crippen LogP contribution < -0.4 is 5.32 Å². The normalized spacial score (nSPS) is 19.0. The summed E-state index contributed by atoms with van der Waals surface area (Å²) < 4.78 is 0. The van der Waals surface area contributed by atoms with Gasteiger partial charge in [0, 0.05) is 13.9 Å². The molecule has 16 heavy (non-hydrogen) atoms. The van der Waals surface area contributed by atoms with Gasteiger partial charge >= 0.3 is 0 Å². The fourth-order valence-corrected chi connectivity index (χ4v) is 2.19. The molecule has 1 aliphatic rings. The summed E-state index contributed by atoms with van der Waals surface area (Å²) in [5.74, 6) is 1.11. The van der Waals surface area contributed by atoms with Gasteiger partial charge in [-0.15, -0.1) is 0 Å². The van der Waals surface area contributed by atoms with E-state index in [1.807, 2.05) is 13.8 Å². The predicted molar refractivity (Wildman–Crippen MR) is 69.4 cm³/mol. The number of hydrogen-bond acceptors (Lipinski definition) is 2. The summed E-state index contributed by atoms with van der Waals surface area (Å²) in [6.45, 7) is 10.6. The molecule has 1 amide bonds. The highest BCUT2D eigenvalue weighted by Crippen LogP contribution is 2.19. The summed E-state index contributed by atoms with van der Waals surface area (Å²) >= 11 is 0. The van der Waals surface area contributed by atoms with Crippen molar-refractivity contribution in [2.45, 2.75) is 40.0 Å². The van der Waals surface area contributed by atoms with Crippen LogP contribution in [-0.4, -0.2) is 37.0 Å². The van der Waals surface area contributed by atoms with Crippen LogP contribution >= 0.6 is 0 Å². The first-order valence-electron chi connectivity index (χ1n) is 6.63. The highest BCUT2D eigenvalue weighted by atomic mass is 16.1. The zero-order chi connectivity index (χ0) is 12.0. The Balaban J connectivity index is 0.00000256. The van der Waals surface area contributed by atoms with Crippen molar-refractivity contribution in [1.82, 2.24) is 10.2 Å². The van der Waals surface area contributed by atoms with Crippen molar-refractivity contribution < 1.29 is 6.22 Å². The maximum atomic E-state index is 11.4. The van der Waals surface area contributed by atoms with Crippen LogP contribution in [0.2, 0.25) is 0 Å². The molecule has 1 rings (SSSR count). The van der Waals surface area contributed by atoms with Crippen molar-refractivity contribution in [2.75, 3.05) is 26.2 Å². The van der Waals surface area contributed by atoms with Crippen molar-refractivity contribution in [3.63, 3.8) is 0 Å². The monoisotopic (exact) mass is 228 g/mol. The van der Waals surface area contributed by atoms with E-state index in [-0.39, 0.29) is 13.3 Å². The molecule has 1 fully saturated rings. The maximum absolute atomic E-state index is 11.4. The van der Waals surface area contributed by atoms with Crippen LogP contribution in [0.25, 0.3) is 0 Å². The van der Waals surface area contributed by atoms with E-state index in [9.17, 15) is 4.79 Å². The fourth-order valence-electron chi connectivity index (χ4n) is 2.19. The Morgan fingerprint density at radius 3 is 2.56 bits per heavy atom. The highest BCUT2D eigenvalue weighted by Gasteiger charge is 2.17. The minimum Gasteiger partial charge on any atom is -0.356 e. The van der Waals surface area contributed by atoms with Gasteiger partial charge in [0.1, 0.15) is 0 Å². The average Bonchev–Trinajstić information content (AvgIpc) is 2.29. The number of carbonyl (C=O) groups is 1. The largest absolute Gasteiger partial charge is 0.356 e. The lowest BCUT2D eigenvalue weighted by atomic mass is 9.93. The van der Waals surface area contributed by atoms with Crippen molar-refractivity contribution in [1.29, 1.82) is 0 Å². The number of nitrogens with one attached hydrogen (secondary N) is 1. The van der Waals surface area contributed by atoms with Gasteiger partial charge < -0.3 is 10.2 Å². The third-order valence-corrected chi connectivity index (χ3v) is 3.53. The van der Waals surface area contributed by atoms with Crippen LogP contribution in [0.5, 0.6) is 0 Å². The van der Waals surface area contributed by atoms with Crippen molar-refractivity contribution in [3.8, 4) is 0 Å². The molecular weight excluding hydrogens is 200 g/mol. The fraction of sp³-hybridized carbons (Fsp3) is 0.923. The molecule has 3 nitrogen and oxygen atoms in total. The lowest BCUT2D eigenvalue weighted by Gasteiger charge is -2.31. The zero-order valence-electron chi connectivity index (χ0n) is 11.0. The van der Waals surface area contributed by atoms with Crippen LogP contribution in [0, 0.1) is 11.8 Å². The summed E-state index contributed by atoms with van der Waals surface area (Å²) in [4.78, 5) is 13.9. The molecule has 1 N–H and O–H groups in total. The third-order valence-electron chi connectivity index (χ3n) is 3.53. The molecule has 0 unspecified atom stereocenters. The Labute approximate surface area is 101 Å². The summed E-state index contributed by atoms with van der Waals surface area (Å²) in [6, 6.07) is 0. The van der Waals surface area contributed by atoms with Crippen LogP contribution in [0.4, 0.5) is 0 Å². The van der Waals surface area contributed by atoms with Crippen molar-refractivity contribution in [3.05, 3.63) is 0 Å². The minimum atomic E-state index is 0. The van der Waals surface area contributed by atoms with E-state index >= 15 is 0 Å². The SMILES string of the molecule is CCN1CCC(CCNC(=O)C(C)C)CC1.[HH]. The van der Waals surface area contributed by atoms with Gasteiger partial charge in [-0.3, -0.25) is 4.79 Å². The Kier molecular flexibility index (Phi) is 5.81. The summed E-state index contributed by atoms with van der Waals surface area (Å²) in [5.41, 5.74) is 0. The first-order chi connectivity index (χ1) is 7.63. The van der Waals surface area contributed by atoms with E-state index in [1.165, 1.54) is 32.5 Å². The van der Waals surface area contributed by atoms with Crippen LogP contribution in [0.1, 0.15) is 41.5 Å². The summed E-state index contributed by atoms with van der Waals surface area (Å²) in [6.07, 6.45) is 3.74. The van der Waals surface area contributed by atoms with Crippen molar-refractivity contribution in [2.24, 2.45) is 11.8 Å². The molecule has 0 bridgehead atoms. The highest BCUT2D eigenvalue weighted by molar-refractivity contribution is 5.77. The Morgan fingerprint density at radius 2 is 2.06 bits per heavy atom. The van der Waals surface area contributed by atoms with E-state index < -0.39 is 0 Å². The molecule has 0 spiro atoms. The van der Waals surface area contributed by atoms with Crippen LogP contribution in [0.15, 0.2) is 0 Å². The van der Waals surface area contributed by atoms with E-state index in [4.69, 9.17) is 0 Å². The first kappa shape index (κ1) is 13.5. The summed E-state index contributed by atoms with van der Waals surface area (Å²) in [5, 5.41) is 3.00.